The quantitative estimate of drug-likeness (QED) is 0.664. The van der Waals surface area contributed by atoms with Crippen LogP contribution in [0.5, 0.6) is 0 Å². The molecule has 0 saturated carbocycles. The number of para-hydroxylation sites is 1. The maximum absolute atomic E-state index is 2.33. The lowest BCUT2D eigenvalue weighted by Crippen LogP contribution is -2.13. The molecule has 0 radical (unpaired) electrons. The number of benzene rings is 1. The van der Waals surface area contributed by atoms with E-state index in [1.54, 1.807) is 0 Å². The van der Waals surface area contributed by atoms with E-state index < -0.39 is 0 Å². The van der Waals surface area contributed by atoms with Gasteiger partial charge in [-0.3, -0.25) is 0 Å². The van der Waals surface area contributed by atoms with Gasteiger partial charge in [-0.05, 0) is 24.5 Å². The van der Waals surface area contributed by atoms with Gasteiger partial charge < -0.3 is 4.90 Å². The summed E-state index contributed by atoms with van der Waals surface area (Å²) < 4.78 is 0. The Morgan fingerprint density at radius 1 is 1.31 bits per heavy atom. The minimum absolute atomic E-state index is 1.11. The van der Waals surface area contributed by atoms with Gasteiger partial charge in [0.1, 0.15) is 0 Å². The van der Waals surface area contributed by atoms with Crippen LogP contribution in [0.25, 0.3) is 0 Å². The minimum Gasteiger partial charge on any atom is -0.348 e. The molecule has 1 nitrogen and oxygen atoms in total. The lowest BCUT2D eigenvalue weighted by molar-refractivity contribution is 0.980. The Kier molecular flexibility index (Phi) is 2.35. The van der Waals surface area contributed by atoms with E-state index in [4.69, 9.17) is 0 Å². The summed E-state index contributed by atoms with van der Waals surface area (Å²) in [5.41, 5.74) is 2.81. The number of hydrogen-bond acceptors (Lipinski definition) is 1. The predicted molar refractivity (Wildman–Crippen MR) is 56.9 cm³/mol. The molecular weight excluding hydrogens is 158 g/mol. The second kappa shape index (κ2) is 3.65. The monoisotopic (exact) mass is 173 g/mol. The van der Waals surface area contributed by atoms with Crippen LogP contribution in [-0.4, -0.2) is 6.54 Å². The zero-order chi connectivity index (χ0) is 9.10. The lowest BCUT2D eigenvalue weighted by atomic mass is 10.1. The van der Waals surface area contributed by atoms with Crippen molar-refractivity contribution in [1.82, 2.24) is 0 Å². The van der Waals surface area contributed by atoms with Crippen molar-refractivity contribution < 1.29 is 0 Å². The van der Waals surface area contributed by atoms with Crippen molar-refractivity contribution >= 4 is 5.69 Å². The largest absolute Gasteiger partial charge is 0.348 e. The smallest absolute Gasteiger partial charge is 0.0438 e. The van der Waals surface area contributed by atoms with Gasteiger partial charge in [-0.2, -0.15) is 0 Å². The highest BCUT2D eigenvalue weighted by Crippen LogP contribution is 2.23. The Balaban J connectivity index is 2.32. The molecule has 1 aromatic carbocycles. The maximum Gasteiger partial charge on any atom is 0.0438 e. The summed E-state index contributed by atoms with van der Waals surface area (Å²) in [6.45, 7) is 3.34. The van der Waals surface area contributed by atoms with Crippen molar-refractivity contribution in [3.05, 3.63) is 42.1 Å². The van der Waals surface area contributed by atoms with Gasteiger partial charge in [0.05, 0.1) is 0 Å². The van der Waals surface area contributed by atoms with E-state index in [-0.39, 0.29) is 0 Å². The first-order valence-electron chi connectivity index (χ1n) is 4.93. The molecule has 0 aliphatic carbocycles. The van der Waals surface area contributed by atoms with Crippen molar-refractivity contribution in [2.24, 2.45) is 0 Å². The molecule has 1 heterocycles. The second-order valence-corrected chi connectivity index (χ2v) is 3.35. The SMILES string of the molecule is CCc1ccccc1N1C=CCC1. The van der Waals surface area contributed by atoms with E-state index in [0.29, 0.717) is 0 Å². The third-order valence-corrected chi connectivity index (χ3v) is 2.50. The van der Waals surface area contributed by atoms with Crippen LogP contribution < -0.4 is 4.90 Å². The molecule has 1 aromatic rings. The van der Waals surface area contributed by atoms with Crippen LogP contribution in [0.4, 0.5) is 5.69 Å². The molecule has 0 bridgehead atoms. The molecule has 1 aliphatic rings. The molecular formula is C12H15N. The summed E-state index contributed by atoms with van der Waals surface area (Å²) in [6, 6.07) is 8.64. The molecule has 2 rings (SSSR count). The molecule has 13 heavy (non-hydrogen) atoms. The fourth-order valence-electron chi connectivity index (χ4n) is 1.78. The molecule has 0 fully saturated rings. The average molecular weight is 173 g/mol. The Morgan fingerprint density at radius 3 is 2.85 bits per heavy atom. The van der Waals surface area contributed by atoms with Crippen molar-refractivity contribution in [3.63, 3.8) is 0 Å². The van der Waals surface area contributed by atoms with E-state index in [1.807, 2.05) is 0 Å². The summed E-state index contributed by atoms with van der Waals surface area (Å²) >= 11 is 0. The minimum atomic E-state index is 1.11. The fraction of sp³-hybridized carbons (Fsp3) is 0.333. The van der Waals surface area contributed by atoms with Gasteiger partial charge in [0.25, 0.3) is 0 Å². The zero-order valence-corrected chi connectivity index (χ0v) is 8.03. The fourth-order valence-corrected chi connectivity index (χ4v) is 1.78. The number of nitrogens with zero attached hydrogens (tertiary/aromatic N) is 1. The molecule has 0 atom stereocenters. The Bertz CT molecular complexity index is 315. The number of aryl methyl sites for hydroxylation is 1. The first kappa shape index (κ1) is 8.36. The molecule has 1 heteroatoms. The van der Waals surface area contributed by atoms with E-state index in [0.717, 1.165) is 13.0 Å². The van der Waals surface area contributed by atoms with Crippen LogP contribution in [0, 0.1) is 0 Å². The van der Waals surface area contributed by atoms with Gasteiger partial charge >= 0.3 is 0 Å². The number of rotatable bonds is 2. The van der Waals surface area contributed by atoms with E-state index in [1.165, 1.54) is 17.7 Å². The highest BCUT2D eigenvalue weighted by Gasteiger charge is 2.09. The Labute approximate surface area is 79.7 Å². The van der Waals surface area contributed by atoms with Crippen LogP contribution >= 0.6 is 0 Å². The second-order valence-electron chi connectivity index (χ2n) is 3.35. The summed E-state index contributed by atoms with van der Waals surface area (Å²) in [7, 11) is 0. The third-order valence-electron chi connectivity index (χ3n) is 2.50. The van der Waals surface area contributed by atoms with Gasteiger partial charge in [0.2, 0.25) is 0 Å². The van der Waals surface area contributed by atoms with Gasteiger partial charge in [0, 0.05) is 18.4 Å². The summed E-state index contributed by atoms with van der Waals surface area (Å²) in [4.78, 5) is 2.33. The van der Waals surface area contributed by atoms with Crippen molar-refractivity contribution in [2.75, 3.05) is 11.4 Å². The molecule has 0 amide bonds. The summed E-state index contributed by atoms with van der Waals surface area (Å²) in [6.07, 6.45) is 6.71. The van der Waals surface area contributed by atoms with Crippen molar-refractivity contribution in [1.29, 1.82) is 0 Å². The predicted octanol–water partition coefficient (Wildman–Crippen LogP) is 2.97. The summed E-state index contributed by atoms with van der Waals surface area (Å²) in [5, 5.41) is 0. The molecule has 68 valence electrons. The molecule has 0 unspecified atom stereocenters. The molecule has 0 aromatic heterocycles. The summed E-state index contributed by atoms with van der Waals surface area (Å²) in [5.74, 6) is 0. The van der Waals surface area contributed by atoms with E-state index in [9.17, 15) is 0 Å². The standard InChI is InChI=1S/C12H15N/c1-2-11-7-3-4-8-12(11)13-9-5-6-10-13/h3-5,7-9H,2,6,10H2,1H3. The van der Waals surface area contributed by atoms with Gasteiger partial charge in [-0.1, -0.05) is 31.2 Å². The maximum atomic E-state index is 2.33. The normalized spacial score (nSPS) is 15.3. The Hall–Kier alpha value is -1.24. The molecule has 1 aliphatic heterocycles. The van der Waals surface area contributed by atoms with E-state index >= 15 is 0 Å². The highest BCUT2D eigenvalue weighted by molar-refractivity contribution is 5.56. The van der Waals surface area contributed by atoms with Crippen LogP contribution in [0.15, 0.2) is 36.5 Å². The highest BCUT2D eigenvalue weighted by atomic mass is 15.1. The number of anilines is 1. The van der Waals surface area contributed by atoms with Crippen molar-refractivity contribution in [3.8, 4) is 0 Å². The zero-order valence-electron chi connectivity index (χ0n) is 8.03. The molecule has 0 saturated heterocycles. The number of hydrogen-bond donors (Lipinski definition) is 0. The average Bonchev–Trinajstić information content (AvgIpc) is 2.70. The first-order valence-corrected chi connectivity index (χ1v) is 4.93. The topological polar surface area (TPSA) is 3.24 Å². The molecule has 0 N–H and O–H groups in total. The van der Waals surface area contributed by atoms with Crippen LogP contribution in [0.2, 0.25) is 0 Å². The van der Waals surface area contributed by atoms with Gasteiger partial charge in [0.15, 0.2) is 0 Å². The first-order chi connectivity index (χ1) is 6.42. The van der Waals surface area contributed by atoms with E-state index in [2.05, 4.69) is 48.4 Å². The van der Waals surface area contributed by atoms with Crippen LogP contribution in [0.3, 0.4) is 0 Å². The lowest BCUT2D eigenvalue weighted by Gasteiger charge is -2.18. The van der Waals surface area contributed by atoms with Gasteiger partial charge in [-0.15, -0.1) is 0 Å². The van der Waals surface area contributed by atoms with Crippen LogP contribution in [0.1, 0.15) is 18.9 Å². The van der Waals surface area contributed by atoms with Crippen molar-refractivity contribution in [2.45, 2.75) is 19.8 Å². The third kappa shape index (κ3) is 1.59. The van der Waals surface area contributed by atoms with Crippen LogP contribution in [-0.2, 0) is 6.42 Å². The molecule has 0 spiro atoms. The van der Waals surface area contributed by atoms with Gasteiger partial charge in [-0.25, -0.2) is 0 Å². The Morgan fingerprint density at radius 2 is 2.15 bits per heavy atom.